The number of ether oxygens (including phenoxy) is 2. The largest absolute Gasteiger partial charge is 0.444 e. The molecule has 2 aliphatic rings. The molecule has 0 spiro atoms. The second kappa shape index (κ2) is 8.99. The van der Waals surface area contributed by atoms with Gasteiger partial charge in [-0.1, -0.05) is 0 Å². The van der Waals surface area contributed by atoms with Gasteiger partial charge in [0, 0.05) is 52.4 Å². The van der Waals surface area contributed by atoms with Crippen LogP contribution in [0.1, 0.15) is 33.6 Å². The van der Waals surface area contributed by atoms with Crippen LogP contribution in [0.4, 0.5) is 4.79 Å². The minimum Gasteiger partial charge on any atom is -0.444 e. The maximum absolute atomic E-state index is 11.6. The fraction of sp³-hybridized carbons (Fsp3) is 0.941. The van der Waals surface area contributed by atoms with Gasteiger partial charge in [-0.2, -0.15) is 0 Å². The van der Waals surface area contributed by atoms with E-state index in [1.54, 1.807) is 0 Å². The van der Waals surface area contributed by atoms with E-state index >= 15 is 0 Å². The van der Waals surface area contributed by atoms with Gasteiger partial charge in [-0.05, 0) is 33.6 Å². The van der Waals surface area contributed by atoms with Crippen LogP contribution in [-0.4, -0.2) is 91.2 Å². The third-order valence-electron chi connectivity index (χ3n) is 4.18. The van der Waals surface area contributed by atoms with Gasteiger partial charge in [0.1, 0.15) is 5.60 Å². The predicted octanol–water partition coefficient (Wildman–Crippen LogP) is 0.669. The Hall–Kier alpha value is -0.890. The zero-order valence-corrected chi connectivity index (χ0v) is 15.3. The Morgan fingerprint density at radius 3 is 2.17 bits per heavy atom. The SMILES string of the molecule is CC(C)(C)OC(=O)NCCCN1CC2CN(CCCO)CC(C1)O2. The molecule has 2 heterocycles. The lowest BCUT2D eigenvalue weighted by atomic mass is 10.1. The predicted molar refractivity (Wildman–Crippen MR) is 92.1 cm³/mol. The molecule has 0 aromatic heterocycles. The van der Waals surface area contributed by atoms with Crippen molar-refractivity contribution in [2.24, 2.45) is 0 Å². The van der Waals surface area contributed by atoms with Gasteiger partial charge in [0.2, 0.25) is 0 Å². The van der Waals surface area contributed by atoms with Crippen molar-refractivity contribution in [3.63, 3.8) is 0 Å². The summed E-state index contributed by atoms with van der Waals surface area (Å²) in [5, 5.41) is 11.8. The second-order valence-corrected chi connectivity index (χ2v) is 7.76. The Morgan fingerprint density at radius 1 is 1.12 bits per heavy atom. The van der Waals surface area contributed by atoms with Crippen molar-refractivity contribution < 1.29 is 19.4 Å². The van der Waals surface area contributed by atoms with Crippen LogP contribution in [0, 0.1) is 0 Å². The summed E-state index contributed by atoms with van der Waals surface area (Å²) in [6.45, 7) is 12.2. The van der Waals surface area contributed by atoms with Crippen molar-refractivity contribution in [1.29, 1.82) is 0 Å². The molecule has 0 aromatic carbocycles. The number of rotatable bonds is 7. The minimum absolute atomic E-state index is 0.253. The molecular formula is C17H33N3O4. The van der Waals surface area contributed by atoms with Crippen molar-refractivity contribution in [2.45, 2.75) is 51.4 Å². The Bertz CT molecular complexity index is 386. The number of alkyl carbamates (subject to hydrolysis) is 1. The zero-order valence-electron chi connectivity index (χ0n) is 15.3. The van der Waals surface area contributed by atoms with Crippen molar-refractivity contribution in [1.82, 2.24) is 15.1 Å². The number of amides is 1. The molecule has 0 saturated carbocycles. The number of nitrogens with zero attached hydrogens (tertiary/aromatic N) is 2. The molecule has 140 valence electrons. The van der Waals surface area contributed by atoms with Gasteiger partial charge in [0.15, 0.2) is 0 Å². The smallest absolute Gasteiger partial charge is 0.407 e. The Balaban J connectivity index is 1.61. The van der Waals surface area contributed by atoms with Crippen LogP contribution in [-0.2, 0) is 9.47 Å². The van der Waals surface area contributed by atoms with Gasteiger partial charge >= 0.3 is 6.09 Å². The first-order chi connectivity index (χ1) is 11.4. The Morgan fingerprint density at radius 2 is 1.67 bits per heavy atom. The van der Waals surface area contributed by atoms with E-state index in [1.807, 2.05) is 20.8 Å². The van der Waals surface area contributed by atoms with Crippen molar-refractivity contribution in [3.05, 3.63) is 0 Å². The maximum Gasteiger partial charge on any atom is 0.407 e. The molecule has 7 heteroatoms. The Kier molecular flexibility index (Phi) is 7.28. The number of aliphatic hydroxyl groups is 1. The quantitative estimate of drug-likeness (QED) is 0.662. The van der Waals surface area contributed by atoms with E-state index in [1.165, 1.54) is 0 Å². The number of aliphatic hydroxyl groups excluding tert-OH is 1. The second-order valence-electron chi connectivity index (χ2n) is 7.76. The highest BCUT2D eigenvalue weighted by Crippen LogP contribution is 2.19. The molecule has 2 N–H and O–H groups in total. The Labute approximate surface area is 145 Å². The monoisotopic (exact) mass is 343 g/mol. The molecule has 2 fully saturated rings. The van der Waals surface area contributed by atoms with Gasteiger partial charge in [-0.3, -0.25) is 9.80 Å². The lowest BCUT2D eigenvalue weighted by molar-refractivity contribution is -0.138. The van der Waals surface area contributed by atoms with Gasteiger partial charge in [-0.25, -0.2) is 4.79 Å². The lowest BCUT2D eigenvalue weighted by Gasteiger charge is -2.46. The molecule has 2 bridgehead atoms. The van der Waals surface area contributed by atoms with Gasteiger partial charge < -0.3 is 19.9 Å². The molecule has 2 atom stereocenters. The van der Waals surface area contributed by atoms with Crippen molar-refractivity contribution >= 4 is 6.09 Å². The fourth-order valence-corrected chi connectivity index (χ4v) is 3.33. The number of hydrogen-bond acceptors (Lipinski definition) is 6. The third-order valence-corrected chi connectivity index (χ3v) is 4.18. The van der Waals surface area contributed by atoms with E-state index in [0.29, 0.717) is 6.54 Å². The van der Waals surface area contributed by atoms with E-state index in [0.717, 1.165) is 52.1 Å². The summed E-state index contributed by atoms with van der Waals surface area (Å²) >= 11 is 0. The standard InChI is InChI=1S/C17H33N3O4/c1-17(2,3)24-16(22)18-6-4-7-19-10-14-12-20(8-5-9-21)13-15(11-19)23-14/h14-15,21H,4-13H2,1-3H3,(H,18,22). The minimum atomic E-state index is -0.451. The summed E-state index contributed by atoms with van der Waals surface area (Å²) in [6.07, 6.45) is 1.91. The summed E-state index contributed by atoms with van der Waals surface area (Å²) in [7, 11) is 0. The van der Waals surface area contributed by atoms with Gasteiger partial charge in [0.05, 0.1) is 12.2 Å². The topological polar surface area (TPSA) is 74.3 Å². The van der Waals surface area contributed by atoms with E-state index in [-0.39, 0.29) is 24.9 Å². The van der Waals surface area contributed by atoms with Crippen LogP contribution in [0.2, 0.25) is 0 Å². The lowest BCUT2D eigenvalue weighted by Crippen LogP contribution is -2.59. The summed E-state index contributed by atoms with van der Waals surface area (Å²) in [4.78, 5) is 16.4. The normalized spacial score (nSPS) is 25.5. The highest BCUT2D eigenvalue weighted by molar-refractivity contribution is 5.67. The first-order valence-electron chi connectivity index (χ1n) is 9.03. The molecule has 7 nitrogen and oxygen atoms in total. The van der Waals surface area contributed by atoms with Crippen LogP contribution in [0.3, 0.4) is 0 Å². The van der Waals surface area contributed by atoms with Crippen LogP contribution < -0.4 is 5.32 Å². The van der Waals surface area contributed by atoms with Crippen LogP contribution in [0.5, 0.6) is 0 Å². The zero-order chi connectivity index (χ0) is 17.6. The number of hydrogen-bond donors (Lipinski definition) is 2. The van der Waals surface area contributed by atoms with Crippen LogP contribution in [0.15, 0.2) is 0 Å². The van der Waals surface area contributed by atoms with Gasteiger partial charge in [0.25, 0.3) is 0 Å². The fourth-order valence-electron chi connectivity index (χ4n) is 3.33. The van der Waals surface area contributed by atoms with Gasteiger partial charge in [-0.15, -0.1) is 0 Å². The average Bonchev–Trinajstić information content (AvgIpc) is 2.47. The number of carbonyl (C=O) groups excluding carboxylic acids is 1. The molecule has 24 heavy (non-hydrogen) atoms. The van der Waals surface area contributed by atoms with Crippen LogP contribution >= 0.6 is 0 Å². The molecule has 2 unspecified atom stereocenters. The molecule has 1 amide bonds. The molecular weight excluding hydrogens is 310 g/mol. The first-order valence-corrected chi connectivity index (χ1v) is 9.03. The molecule has 2 saturated heterocycles. The van der Waals surface area contributed by atoms with E-state index in [9.17, 15) is 4.79 Å². The first kappa shape index (κ1) is 19.4. The molecule has 0 aliphatic carbocycles. The summed E-state index contributed by atoms with van der Waals surface area (Å²) < 4.78 is 11.3. The summed E-state index contributed by atoms with van der Waals surface area (Å²) in [5.74, 6) is 0. The molecule has 0 aromatic rings. The van der Waals surface area contributed by atoms with E-state index in [4.69, 9.17) is 14.6 Å². The highest BCUT2D eigenvalue weighted by Gasteiger charge is 2.34. The van der Waals surface area contributed by atoms with Crippen molar-refractivity contribution in [2.75, 3.05) is 52.4 Å². The van der Waals surface area contributed by atoms with Crippen LogP contribution in [0.25, 0.3) is 0 Å². The molecule has 0 radical (unpaired) electrons. The average molecular weight is 343 g/mol. The van der Waals surface area contributed by atoms with Crippen molar-refractivity contribution in [3.8, 4) is 0 Å². The van der Waals surface area contributed by atoms with E-state index in [2.05, 4.69) is 15.1 Å². The number of fused-ring (bicyclic) bond motifs is 2. The maximum atomic E-state index is 11.6. The summed E-state index contributed by atoms with van der Waals surface area (Å²) in [6, 6.07) is 0. The number of nitrogens with one attached hydrogen (secondary N) is 1. The molecule has 2 rings (SSSR count). The molecule has 2 aliphatic heterocycles. The third kappa shape index (κ3) is 6.93. The summed E-state index contributed by atoms with van der Waals surface area (Å²) in [5.41, 5.74) is -0.451. The highest BCUT2D eigenvalue weighted by atomic mass is 16.6. The number of morpholine rings is 2. The number of carbonyl (C=O) groups is 1. The van der Waals surface area contributed by atoms with E-state index < -0.39 is 5.60 Å².